The standard InChI is InChI=1S/C22H26N2/c1-5-7-20(8-6-2)24-22-15-13-21(14-16-22)23-18(4)19-11-9-17(3)10-12-19/h5,7-16,23-24H,4,6H2,1-3H3/b7-5-,20-8+. The minimum Gasteiger partial charge on any atom is -0.356 e. The highest BCUT2D eigenvalue weighted by Crippen LogP contribution is 2.20. The molecule has 0 aliphatic rings. The van der Waals surface area contributed by atoms with Crippen molar-refractivity contribution in [3.05, 3.63) is 90.2 Å². The van der Waals surface area contributed by atoms with E-state index < -0.39 is 0 Å². The highest BCUT2D eigenvalue weighted by Gasteiger charge is 2.00. The fourth-order valence-electron chi connectivity index (χ4n) is 2.36. The molecular weight excluding hydrogens is 292 g/mol. The molecule has 0 heterocycles. The van der Waals surface area contributed by atoms with Gasteiger partial charge in [-0.1, -0.05) is 55.5 Å². The number of anilines is 2. The zero-order valence-corrected chi connectivity index (χ0v) is 14.8. The lowest BCUT2D eigenvalue weighted by Gasteiger charge is -2.12. The van der Waals surface area contributed by atoms with Crippen molar-refractivity contribution in [3.8, 4) is 0 Å². The summed E-state index contributed by atoms with van der Waals surface area (Å²) in [5.41, 5.74) is 6.46. The fraction of sp³-hybridized carbons (Fsp3) is 0.182. The van der Waals surface area contributed by atoms with Crippen LogP contribution in [0.1, 0.15) is 31.4 Å². The summed E-state index contributed by atoms with van der Waals surface area (Å²) >= 11 is 0. The van der Waals surface area contributed by atoms with E-state index in [1.807, 2.05) is 13.0 Å². The quantitative estimate of drug-likeness (QED) is 0.580. The maximum Gasteiger partial charge on any atom is 0.0385 e. The second-order valence-corrected chi connectivity index (χ2v) is 5.74. The zero-order valence-electron chi connectivity index (χ0n) is 14.8. The number of nitrogens with one attached hydrogen (secondary N) is 2. The first kappa shape index (κ1) is 17.6. The third-order valence-corrected chi connectivity index (χ3v) is 3.64. The molecule has 2 N–H and O–H groups in total. The van der Waals surface area contributed by atoms with Crippen LogP contribution in [0, 0.1) is 6.92 Å². The monoisotopic (exact) mass is 318 g/mol. The number of allylic oxidation sites excluding steroid dienone is 3. The van der Waals surface area contributed by atoms with Crippen LogP contribution in [0.25, 0.3) is 5.70 Å². The summed E-state index contributed by atoms with van der Waals surface area (Å²) in [6.45, 7) is 10.4. The lowest BCUT2D eigenvalue weighted by atomic mass is 10.1. The second-order valence-electron chi connectivity index (χ2n) is 5.74. The summed E-state index contributed by atoms with van der Waals surface area (Å²) in [5.74, 6) is 0. The largest absolute Gasteiger partial charge is 0.356 e. The van der Waals surface area contributed by atoms with Crippen LogP contribution >= 0.6 is 0 Å². The first-order chi connectivity index (χ1) is 11.6. The van der Waals surface area contributed by atoms with Gasteiger partial charge in [0.2, 0.25) is 0 Å². The van der Waals surface area contributed by atoms with Gasteiger partial charge in [0, 0.05) is 22.8 Å². The fourth-order valence-corrected chi connectivity index (χ4v) is 2.36. The first-order valence-corrected chi connectivity index (χ1v) is 8.35. The van der Waals surface area contributed by atoms with E-state index in [0.29, 0.717) is 0 Å². The predicted molar refractivity (Wildman–Crippen MR) is 107 cm³/mol. The second kappa shape index (κ2) is 8.78. The Morgan fingerprint density at radius 3 is 2.08 bits per heavy atom. The Morgan fingerprint density at radius 2 is 1.54 bits per heavy atom. The molecule has 0 radical (unpaired) electrons. The van der Waals surface area contributed by atoms with Crippen LogP contribution in [0.5, 0.6) is 0 Å². The minimum absolute atomic E-state index is 0.899. The van der Waals surface area contributed by atoms with Crippen molar-refractivity contribution in [1.82, 2.24) is 0 Å². The van der Waals surface area contributed by atoms with Gasteiger partial charge < -0.3 is 10.6 Å². The van der Waals surface area contributed by atoms with Crippen LogP contribution in [0.15, 0.2) is 79.0 Å². The summed E-state index contributed by atoms with van der Waals surface area (Å²) in [6.07, 6.45) is 7.29. The summed E-state index contributed by atoms with van der Waals surface area (Å²) in [5, 5.41) is 6.78. The molecule has 0 unspecified atom stereocenters. The van der Waals surface area contributed by atoms with Gasteiger partial charge in [-0.05, 0) is 56.2 Å². The number of benzene rings is 2. The summed E-state index contributed by atoms with van der Waals surface area (Å²) in [7, 11) is 0. The lowest BCUT2D eigenvalue weighted by molar-refractivity contribution is 1.20. The van der Waals surface area contributed by atoms with Gasteiger partial charge in [0.1, 0.15) is 0 Å². The van der Waals surface area contributed by atoms with E-state index >= 15 is 0 Å². The maximum absolute atomic E-state index is 4.12. The number of hydrogen-bond donors (Lipinski definition) is 2. The first-order valence-electron chi connectivity index (χ1n) is 8.35. The van der Waals surface area contributed by atoms with Crippen LogP contribution in [0.2, 0.25) is 0 Å². The molecular formula is C22H26N2. The van der Waals surface area contributed by atoms with E-state index in [1.54, 1.807) is 0 Å². The summed E-state index contributed by atoms with van der Waals surface area (Å²) in [6, 6.07) is 16.6. The molecule has 24 heavy (non-hydrogen) atoms. The molecule has 0 aliphatic carbocycles. The molecule has 0 atom stereocenters. The van der Waals surface area contributed by atoms with Gasteiger partial charge in [0.25, 0.3) is 0 Å². The van der Waals surface area contributed by atoms with Crippen molar-refractivity contribution in [2.24, 2.45) is 0 Å². The van der Waals surface area contributed by atoms with E-state index in [-0.39, 0.29) is 0 Å². The summed E-state index contributed by atoms with van der Waals surface area (Å²) < 4.78 is 0. The van der Waals surface area contributed by atoms with Crippen LogP contribution in [-0.2, 0) is 0 Å². The Balaban J connectivity index is 2.02. The number of hydrogen-bond acceptors (Lipinski definition) is 2. The highest BCUT2D eigenvalue weighted by molar-refractivity contribution is 5.76. The molecule has 2 nitrogen and oxygen atoms in total. The van der Waals surface area contributed by atoms with Gasteiger partial charge in [0.05, 0.1) is 0 Å². The molecule has 2 aromatic carbocycles. The number of aryl methyl sites for hydroxylation is 1. The van der Waals surface area contributed by atoms with Gasteiger partial charge in [-0.15, -0.1) is 0 Å². The van der Waals surface area contributed by atoms with Crippen LogP contribution < -0.4 is 10.6 Å². The van der Waals surface area contributed by atoms with Crippen molar-refractivity contribution in [2.75, 3.05) is 10.6 Å². The highest BCUT2D eigenvalue weighted by atomic mass is 14.9. The molecule has 0 fully saturated rings. The average Bonchev–Trinajstić information content (AvgIpc) is 2.57. The zero-order chi connectivity index (χ0) is 17.4. The van der Waals surface area contributed by atoms with Crippen LogP contribution in [0.3, 0.4) is 0 Å². The SMILES string of the molecule is C=C(Nc1ccc(NC(/C=C\C)=C/CC)cc1)c1ccc(C)cc1. The van der Waals surface area contributed by atoms with E-state index in [0.717, 1.165) is 34.8 Å². The van der Waals surface area contributed by atoms with Crippen LogP contribution in [-0.4, -0.2) is 0 Å². The Bertz CT molecular complexity index is 720. The Labute approximate surface area is 145 Å². The van der Waals surface area contributed by atoms with E-state index in [1.165, 1.54) is 5.56 Å². The Hall–Kier alpha value is -2.74. The third-order valence-electron chi connectivity index (χ3n) is 3.64. The van der Waals surface area contributed by atoms with E-state index in [2.05, 4.69) is 91.7 Å². The molecule has 0 saturated heterocycles. The normalized spacial score (nSPS) is 11.5. The average molecular weight is 318 g/mol. The lowest BCUT2D eigenvalue weighted by Crippen LogP contribution is -1.99. The maximum atomic E-state index is 4.12. The molecule has 0 amide bonds. The van der Waals surface area contributed by atoms with Gasteiger partial charge in [-0.2, -0.15) is 0 Å². The molecule has 0 spiro atoms. The van der Waals surface area contributed by atoms with Crippen molar-refractivity contribution >= 4 is 17.1 Å². The van der Waals surface area contributed by atoms with Crippen molar-refractivity contribution in [1.29, 1.82) is 0 Å². The molecule has 0 aliphatic heterocycles. The third kappa shape index (κ3) is 5.17. The molecule has 0 bridgehead atoms. The Morgan fingerprint density at radius 1 is 0.958 bits per heavy atom. The minimum atomic E-state index is 0.899. The van der Waals surface area contributed by atoms with Gasteiger partial charge in [-0.3, -0.25) is 0 Å². The van der Waals surface area contributed by atoms with Crippen molar-refractivity contribution < 1.29 is 0 Å². The Kier molecular flexibility index (Phi) is 6.44. The summed E-state index contributed by atoms with van der Waals surface area (Å²) in [4.78, 5) is 0. The predicted octanol–water partition coefficient (Wildman–Crippen LogP) is 6.36. The molecule has 2 heteroatoms. The van der Waals surface area contributed by atoms with Crippen molar-refractivity contribution in [3.63, 3.8) is 0 Å². The topological polar surface area (TPSA) is 24.1 Å². The molecule has 2 rings (SSSR count). The molecule has 2 aromatic rings. The smallest absolute Gasteiger partial charge is 0.0385 e. The molecule has 0 saturated carbocycles. The van der Waals surface area contributed by atoms with E-state index in [9.17, 15) is 0 Å². The van der Waals surface area contributed by atoms with Crippen molar-refractivity contribution in [2.45, 2.75) is 27.2 Å². The van der Waals surface area contributed by atoms with Gasteiger partial charge >= 0.3 is 0 Å². The van der Waals surface area contributed by atoms with Gasteiger partial charge in [0.15, 0.2) is 0 Å². The van der Waals surface area contributed by atoms with E-state index in [4.69, 9.17) is 0 Å². The van der Waals surface area contributed by atoms with Crippen LogP contribution in [0.4, 0.5) is 11.4 Å². The molecule has 0 aromatic heterocycles. The number of rotatable bonds is 7. The van der Waals surface area contributed by atoms with Gasteiger partial charge in [-0.25, -0.2) is 0 Å². The molecule has 124 valence electrons.